The van der Waals surface area contributed by atoms with Gasteiger partial charge in [0.25, 0.3) is 0 Å². The molecule has 0 spiro atoms. The summed E-state index contributed by atoms with van der Waals surface area (Å²) >= 11 is 0. The fraction of sp³-hybridized carbons (Fsp3) is 0.481. The largest absolute Gasteiger partial charge is 0.444 e. The maximum atomic E-state index is 12.4. The van der Waals surface area contributed by atoms with E-state index in [1.807, 2.05) is 39.1 Å². The van der Waals surface area contributed by atoms with Crippen molar-refractivity contribution < 1.29 is 9.53 Å². The van der Waals surface area contributed by atoms with E-state index in [-0.39, 0.29) is 6.09 Å². The van der Waals surface area contributed by atoms with Crippen molar-refractivity contribution in [2.24, 2.45) is 5.92 Å². The molecule has 0 radical (unpaired) electrons. The van der Waals surface area contributed by atoms with E-state index in [9.17, 15) is 4.79 Å². The van der Waals surface area contributed by atoms with Gasteiger partial charge in [-0.3, -0.25) is 0 Å². The number of rotatable bonds is 6. The van der Waals surface area contributed by atoms with Crippen LogP contribution >= 0.6 is 0 Å². The predicted octanol–water partition coefficient (Wildman–Crippen LogP) is 5.21. The first-order chi connectivity index (χ1) is 16.7. The summed E-state index contributed by atoms with van der Waals surface area (Å²) in [6.45, 7) is 13.6. The van der Waals surface area contributed by atoms with Crippen LogP contribution in [0.2, 0.25) is 0 Å². The van der Waals surface area contributed by atoms with E-state index in [0.717, 1.165) is 46.6 Å². The molecular formula is C27H36N6O2. The number of ether oxygens (including phenoxy) is 1. The Balaban J connectivity index is 1.49. The maximum Gasteiger partial charge on any atom is 0.410 e. The molecule has 2 aromatic heterocycles. The van der Waals surface area contributed by atoms with E-state index < -0.39 is 5.60 Å². The van der Waals surface area contributed by atoms with Crippen LogP contribution in [0.5, 0.6) is 0 Å². The van der Waals surface area contributed by atoms with Crippen LogP contribution < -0.4 is 10.2 Å². The second-order valence-corrected chi connectivity index (χ2v) is 10.4. The van der Waals surface area contributed by atoms with Gasteiger partial charge in [0.1, 0.15) is 23.6 Å². The number of anilines is 2. The normalized spacial score (nSPS) is 14.5. The van der Waals surface area contributed by atoms with Gasteiger partial charge in [-0.1, -0.05) is 19.9 Å². The van der Waals surface area contributed by atoms with Crippen molar-refractivity contribution in [1.82, 2.24) is 19.9 Å². The molecule has 4 rings (SSSR count). The molecule has 1 N–H and O–H groups in total. The van der Waals surface area contributed by atoms with Gasteiger partial charge in [0, 0.05) is 44.3 Å². The number of carbonyl (C=O) groups excluding carboxylic acids is 1. The van der Waals surface area contributed by atoms with Crippen LogP contribution in [0, 0.1) is 5.92 Å². The predicted molar refractivity (Wildman–Crippen MR) is 141 cm³/mol. The van der Waals surface area contributed by atoms with Gasteiger partial charge >= 0.3 is 6.09 Å². The van der Waals surface area contributed by atoms with Crippen LogP contribution in [-0.4, -0.2) is 64.3 Å². The summed E-state index contributed by atoms with van der Waals surface area (Å²) in [7, 11) is 0. The number of hydrogen-bond acceptors (Lipinski definition) is 7. The van der Waals surface area contributed by atoms with Crippen molar-refractivity contribution >= 4 is 28.6 Å². The number of aromatic nitrogens is 3. The molecule has 1 amide bonds. The smallest absolute Gasteiger partial charge is 0.410 e. The molecule has 8 heteroatoms. The standard InChI is InChI=1S/C27H36N6O2/c1-19(2)8-10-29-25-22-16-20(6-7-23(22)30-18-31-25)21-9-11-28-24(17-21)32-12-14-33(15-13-32)26(34)35-27(3,4)5/h6-7,9,11,16-19H,8,10,12-15H2,1-5H3,(H,29,30,31). The Morgan fingerprint density at radius 3 is 2.49 bits per heavy atom. The number of pyridine rings is 1. The summed E-state index contributed by atoms with van der Waals surface area (Å²) < 4.78 is 5.51. The molecule has 35 heavy (non-hydrogen) atoms. The molecule has 8 nitrogen and oxygen atoms in total. The third-order valence-electron chi connectivity index (χ3n) is 5.98. The fourth-order valence-electron chi connectivity index (χ4n) is 4.07. The van der Waals surface area contributed by atoms with Crippen LogP contribution in [0.25, 0.3) is 22.0 Å². The lowest BCUT2D eigenvalue weighted by atomic mass is 10.0. The summed E-state index contributed by atoms with van der Waals surface area (Å²) in [5.74, 6) is 2.41. The number of hydrogen-bond donors (Lipinski definition) is 1. The number of piperazine rings is 1. The molecule has 1 aromatic carbocycles. The first-order valence-corrected chi connectivity index (χ1v) is 12.4. The molecule has 3 heterocycles. The third-order valence-corrected chi connectivity index (χ3v) is 5.98. The molecular weight excluding hydrogens is 440 g/mol. The van der Waals surface area contributed by atoms with Crippen LogP contribution in [-0.2, 0) is 4.74 Å². The number of benzene rings is 1. The zero-order valence-corrected chi connectivity index (χ0v) is 21.4. The Labute approximate surface area is 207 Å². The minimum Gasteiger partial charge on any atom is -0.444 e. The minimum atomic E-state index is -0.487. The Bertz CT molecular complexity index is 1170. The molecule has 1 fully saturated rings. The maximum absolute atomic E-state index is 12.4. The highest BCUT2D eigenvalue weighted by Gasteiger charge is 2.26. The second kappa shape index (κ2) is 10.5. The average molecular weight is 477 g/mol. The number of amides is 1. The van der Waals surface area contributed by atoms with Crippen molar-refractivity contribution in [2.75, 3.05) is 42.9 Å². The SMILES string of the molecule is CC(C)CCNc1ncnc2ccc(-c3ccnc(N4CCN(C(=O)OC(C)(C)C)CC4)c3)cc12. The lowest BCUT2D eigenvalue weighted by molar-refractivity contribution is 0.0240. The summed E-state index contributed by atoms with van der Waals surface area (Å²) in [6.07, 6.45) is 4.29. The van der Waals surface area contributed by atoms with Gasteiger partial charge < -0.3 is 19.9 Å². The zero-order valence-electron chi connectivity index (χ0n) is 21.4. The molecule has 0 bridgehead atoms. The Morgan fingerprint density at radius 1 is 1.03 bits per heavy atom. The van der Waals surface area contributed by atoms with E-state index in [1.54, 1.807) is 11.2 Å². The average Bonchev–Trinajstić information content (AvgIpc) is 2.83. The third kappa shape index (κ3) is 6.38. The van der Waals surface area contributed by atoms with Crippen molar-refractivity contribution in [3.05, 3.63) is 42.9 Å². The zero-order chi connectivity index (χ0) is 25.0. The number of nitrogens with zero attached hydrogens (tertiary/aromatic N) is 5. The molecule has 0 saturated carbocycles. The van der Waals surface area contributed by atoms with E-state index >= 15 is 0 Å². The quantitative estimate of drug-likeness (QED) is 0.523. The monoisotopic (exact) mass is 476 g/mol. The summed E-state index contributed by atoms with van der Waals surface area (Å²) in [4.78, 5) is 29.9. The molecule has 0 atom stereocenters. The Hall–Kier alpha value is -3.42. The molecule has 0 aliphatic carbocycles. The van der Waals surface area contributed by atoms with Crippen molar-refractivity contribution in [3.63, 3.8) is 0 Å². The summed E-state index contributed by atoms with van der Waals surface area (Å²) in [5.41, 5.74) is 2.61. The molecule has 0 unspecified atom stereocenters. The lowest BCUT2D eigenvalue weighted by Gasteiger charge is -2.36. The number of fused-ring (bicyclic) bond motifs is 1. The Morgan fingerprint density at radius 2 is 1.77 bits per heavy atom. The van der Waals surface area contributed by atoms with Gasteiger partial charge in [-0.15, -0.1) is 0 Å². The molecule has 1 aliphatic rings. The highest BCUT2D eigenvalue weighted by molar-refractivity contribution is 5.92. The van der Waals surface area contributed by atoms with E-state index in [4.69, 9.17) is 4.74 Å². The summed E-state index contributed by atoms with van der Waals surface area (Å²) in [6, 6.07) is 10.4. The molecule has 1 aliphatic heterocycles. The second-order valence-electron chi connectivity index (χ2n) is 10.4. The van der Waals surface area contributed by atoms with E-state index in [0.29, 0.717) is 32.1 Å². The van der Waals surface area contributed by atoms with Gasteiger partial charge in [-0.25, -0.2) is 19.7 Å². The molecule has 186 valence electrons. The first-order valence-electron chi connectivity index (χ1n) is 12.4. The summed E-state index contributed by atoms with van der Waals surface area (Å²) in [5, 5.41) is 4.49. The number of nitrogens with one attached hydrogen (secondary N) is 1. The van der Waals surface area contributed by atoms with Crippen molar-refractivity contribution in [2.45, 2.75) is 46.6 Å². The lowest BCUT2D eigenvalue weighted by Crippen LogP contribution is -2.50. The fourth-order valence-corrected chi connectivity index (χ4v) is 4.07. The van der Waals surface area contributed by atoms with Gasteiger partial charge in [0.05, 0.1) is 5.52 Å². The van der Waals surface area contributed by atoms with Gasteiger partial charge in [0.2, 0.25) is 0 Å². The Kier molecular flexibility index (Phi) is 7.38. The van der Waals surface area contributed by atoms with Crippen LogP contribution in [0.15, 0.2) is 42.9 Å². The van der Waals surface area contributed by atoms with E-state index in [2.05, 4.69) is 57.2 Å². The first kappa shape index (κ1) is 24.7. The molecule has 3 aromatic rings. The van der Waals surface area contributed by atoms with Gasteiger partial charge in [-0.05, 0) is 68.5 Å². The van der Waals surface area contributed by atoms with Crippen LogP contribution in [0.1, 0.15) is 41.0 Å². The topological polar surface area (TPSA) is 83.5 Å². The highest BCUT2D eigenvalue weighted by atomic mass is 16.6. The van der Waals surface area contributed by atoms with Crippen molar-refractivity contribution in [1.29, 1.82) is 0 Å². The van der Waals surface area contributed by atoms with Crippen LogP contribution in [0.4, 0.5) is 16.4 Å². The minimum absolute atomic E-state index is 0.255. The van der Waals surface area contributed by atoms with Crippen LogP contribution in [0.3, 0.4) is 0 Å². The van der Waals surface area contributed by atoms with Gasteiger partial charge in [-0.2, -0.15) is 0 Å². The van der Waals surface area contributed by atoms with Gasteiger partial charge in [0.15, 0.2) is 0 Å². The number of carbonyl (C=O) groups is 1. The highest BCUT2D eigenvalue weighted by Crippen LogP contribution is 2.29. The molecule has 1 saturated heterocycles. The van der Waals surface area contributed by atoms with E-state index in [1.165, 1.54) is 0 Å². The van der Waals surface area contributed by atoms with Crippen molar-refractivity contribution in [3.8, 4) is 11.1 Å².